The smallest absolute Gasteiger partial charge is 0.256 e. The maximum Gasteiger partial charge on any atom is 0.416 e. The first-order valence-electron chi connectivity index (χ1n) is 13.5. The van der Waals surface area contributed by atoms with E-state index in [1.807, 2.05) is 43.5 Å². The van der Waals surface area contributed by atoms with Crippen molar-refractivity contribution in [1.82, 2.24) is 4.98 Å². The summed E-state index contributed by atoms with van der Waals surface area (Å²) in [6.45, 7) is 1.87. The van der Waals surface area contributed by atoms with Crippen LogP contribution >= 0.6 is 11.3 Å². The third-order valence-corrected chi connectivity index (χ3v) is 8.90. The van der Waals surface area contributed by atoms with Crippen molar-refractivity contribution in [2.45, 2.75) is 19.5 Å². The van der Waals surface area contributed by atoms with Gasteiger partial charge in [-0.15, -0.1) is 11.3 Å². The summed E-state index contributed by atoms with van der Waals surface area (Å²) >= 11 is 1.79. The van der Waals surface area contributed by atoms with E-state index in [-0.39, 0.29) is 0 Å². The predicted molar refractivity (Wildman–Crippen MR) is 165 cm³/mol. The molecule has 0 N–H and O–H groups in total. The predicted octanol–water partition coefficient (Wildman–Crippen LogP) is 11.2. The summed E-state index contributed by atoms with van der Waals surface area (Å²) in [6.07, 6.45) is -1.95. The molecule has 2 aromatic heterocycles. The van der Waals surface area contributed by atoms with Gasteiger partial charge in [-0.3, -0.25) is 4.98 Å². The number of aryl methyl sites for hydroxylation is 1. The SMILES string of the molecule is CCc1cc(-c2ccc3ccc(-c4ccc(-c5cccc6c5sc5ccccc56)nc4)cc3c2)cc(C(F)(F)F)c1. The average molecular weight is 560 g/mol. The molecule has 0 saturated carbocycles. The van der Waals surface area contributed by atoms with E-state index in [0.29, 0.717) is 17.5 Å². The Bertz CT molecular complexity index is 2070. The van der Waals surface area contributed by atoms with Crippen molar-refractivity contribution >= 4 is 42.3 Å². The largest absolute Gasteiger partial charge is 0.416 e. The van der Waals surface area contributed by atoms with Gasteiger partial charge < -0.3 is 0 Å². The minimum atomic E-state index is -4.38. The van der Waals surface area contributed by atoms with Crippen molar-refractivity contribution in [1.29, 1.82) is 0 Å². The van der Waals surface area contributed by atoms with Crippen LogP contribution in [0, 0.1) is 0 Å². The molecule has 0 radical (unpaired) electrons. The fourth-order valence-corrected chi connectivity index (χ4v) is 6.73. The molecule has 0 bridgehead atoms. The number of fused-ring (bicyclic) bond motifs is 4. The van der Waals surface area contributed by atoms with E-state index in [4.69, 9.17) is 4.98 Å². The highest BCUT2D eigenvalue weighted by molar-refractivity contribution is 7.26. The van der Waals surface area contributed by atoms with Gasteiger partial charge in [0.15, 0.2) is 0 Å². The molecule has 200 valence electrons. The third-order valence-electron chi connectivity index (χ3n) is 7.68. The third kappa shape index (κ3) is 4.66. The Balaban J connectivity index is 1.25. The number of thiophene rings is 1. The molecule has 5 heteroatoms. The number of alkyl halides is 3. The molecule has 5 aromatic carbocycles. The number of nitrogens with zero attached hydrogens (tertiary/aromatic N) is 1. The van der Waals surface area contributed by atoms with E-state index in [1.165, 1.54) is 32.3 Å². The minimum absolute atomic E-state index is 0.537. The summed E-state index contributed by atoms with van der Waals surface area (Å²) in [5.41, 5.74) is 5.42. The van der Waals surface area contributed by atoms with E-state index in [2.05, 4.69) is 66.7 Å². The first-order valence-corrected chi connectivity index (χ1v) is 14.3. The van der Waals surface area contributed by atoms with Crippen molar-refractivity contribution in [3.63, 3.8) is 0 Å². The average Bonchev–Trinajstić information content (AvgIpc) is 3.39. The lowest BCUT2D eigenvalue weighted by atomic mass is 9.95. The second-order valence-corrected chi connectivity index (χ2v) is 11.3. The van der Waals surface area contributed by atoms with Crippen LogP contribution in [0.2, 0.25) is 0 Å². The second kappa shape index (κ2) is 9.86. The van der Waals surface area contributed by atoms with Crippen molar-refractivity contribution in [3.8, 4) is 33.5 Å². The number of aromatic nitrogens is 1. The summed E-state index contributed by atoms with van der Waals surface area (Å²) in [5.74, 6) is 0. The molecule has 0 fully saturated rings. The van der Waals surface area contributed by atoms with Crippen molar-refractivity contribution in [3.05, 3.63) is 127 Å². The Kier molecular flexibility index (Phi) is 6.13. The van der Waals surface area contributed by atoms with Crippen molar-refractivity contribution in [2.24, 2.45) is 0 Å². The van der Waals surface area contributed by atoms with Crippen LogP contribution in [0.3, 0.4) is 0 Å². The van der Waals surface area contributed by atoms with Crippen LogP contribution in [-0.4, -0.2) is 4.98 Å². The first kappa shape index (κ1) is 25.5. The van der Waals surface area contributed by atoms with Gasteiger partial charge in [0.1, 0.15) is 0 Å². The van der Waals surface area contributed by atoms with Crippen molar-refractivity contribution < 1.29 is 13.2 Å². The highest BCUT2D eigenvalue weighted by Gasteiger charge is 2.31. The van der Waals surface area contributed by atoms with Gasteiger partial charge in [0, 0.05) is 37.5 Å². The summed E-state index contributed by atoms with van der Waals surface area (Å²) in [6, 6.07) is 35.3. The molecule has 0 aliphatic carbocycles. The standard InChI is InChI=1S/C36H24F3NS/c1-2-22-16-27(20-29(17-22)36(37,38)39)25-13-11-23-10-12-24(18-28(23)19-25)26-14-15-33(40-21-26)32-8-5-7-31-30-6-3-4-9-34(30)41-35(31)32/h3-21H,2H2,1H3. The topological polar surface area (TPSA) is 12.9 Å². The Morgan fingerprint density at radius 1 is 0.659 bits per heavy atom. The van der Waals surface area contributed by atoms with Gasteiger partial charge in [-0.05, 0) is 75.8 Å². The van der Waals surface area contributed by atoms with E-state index in [0.717, 1.165) is 38.7 Å². The van der Waals surface area contributed by atoms with Gasteiger partial charge in [0.25, 0.3) is 0 Å². The molecular formula is C36H24F3NS. The van der Waals surface area contributed by atoms with Gasteiger partial charge in [0.05, 0.1) is 11.3 Å². The maximum atomic E-state index is 13.6. The van der Waals surface area contributed by atoms with E-state index < -0.39 is 11.7 Å². The van der Waals surface area contributed by atoms with Crippen LogP contribution in [0.1, 0.15) is 18.1 Å². The molecule has 7 rings (SSSR count). The molecule has 41 heavy (non-hydrogen) atoms. The molecular weight excluding hydrogens is 535 g/mol. The molecule has 0 spiro atoms. The van der Waals surface area contributed by atoms with Crippen LogP contribution in [-0.2, 0) is 12.6 Å². The number of pyridine rings is 1. The van der Waals surface area contributed by atoms with Gasteiger partial charge in [-0.25, -0.2) is 0 Å². The summed E-state index contributed by atoms with van der Waals surface area (Å²) in [5, 5.41) is 4.50. The monoisotopic (exact) mass is 559 g/mol. The van der Waals surface area contributed by atoms with Crippen molar-refractivity contribution in [2.75, 3.05) is 0 Å². The highest BCUT2D eigenvalue weighted by atomic mass is 32.1. The van der Waals surface area contributed by atoms with Gasteiger partial charge in [-0.2, -0.15) is 13.2 Å². The van der Waals surface area contributed by atoms with E-state index in [9.17, 15) is 13.2 Å². The molecule has 2 heterocycles. The number of benzene rings is 5. The van der Waals surface area contributed by atoms with Crippen LogP contribution in [0.25, 0.3) is 64.5 Å². The van der Waals surface area contributed by atoms with Gasteiger partial charge in [-0.1, -0.05) is 79.7 Å². The molecule has 7 aromatic rings. The fraction of sp³-hybridized carbons (Fsp3) is 0.0833. The van der Waals surface area contributed by atoms with Gasteiger partial charge in [0.2, 0.25) is 0 Å². The normalized spacial score (nSPS) is 12.0. The molecule has 0 unspecified atom stereocenters. The number of halogens is 3. The fourth-order valence-electron chi connectivity index (χ4n) is 5.51. The Morgan fingerprint density at radius 2 is 1.39 bits per heavy atom. The van der Waals surface area contributed by atoms with E-state index >= 15 is 0 Å². The highest BCUT2D eigenvalue weighted by Crippen LogP contribution is 2.40. The molecule has 0 atom stereocenters. The van der Waals surface area contributed by atoms with Crippen LogP contribution in [0.15, 0.2) is 115 Å². The lowest BCUT2D eigenvalue weighted by molar-refractivity contribution is -0.137. The summed E-state index contributed by atoms with van der Waals surface area (Å²) < 4.78 is 43.1. The Morgan fingerprint density at radius 3 is 2.12 bits per heavy atom. The Hall–Kier alpha value is -4.48. The molecule has 1 nitrogen and oxygen atoms in total. The lowest BCUT2D eigenvalue weighted by Crippen LogP contribution is -2.06. The number of hydrogen-bond donors (Lipinski definition) is 0. The van der Waals surface area contributed by atoms with E-state index in [1.54, 1.807) is 11.3 Å². The Labute approximate surface area is 239 Å². The van der Waals surface area contributed by atoms with Gasteiger partial charge >= 0.3 is 6.18 Å². The lowest BCUT2D eigenvalue weighted by Gasteiger charge is -2.13. The van der Waals surface area contributed by atoms with Crippen LogP contribution in [0.5, 0.6) is 0 Å². The summed E-state index contributed by atoms with van der Waals surface area (Å²) in [7, 11) is 0. The van der Waals surface area contributed by atoms with Crippen LogP contribution < -0.4 is 0 Å². The second-order valence-electron chi connectivity index (χ2n) is 10.3. The minimum Gasteiger partial charge on any atom is -0.256 e. The number of rotatable bonds is 4. The molecule has 0 amide bonds. The summed E-state index contributed by atoms with van der Waals surface area (Å²) in [4.78, 5) is 4.84. The zero-order chi connectivity index (χ0) is 28.1. The number of hydrogen-bond acceptors (Lipinski definition) is 2. The molecule has 0 saturated heterocycles. The quantitative estimate of drug-likeness (QED) is 0.209. The molecule has 0 aliphatic heterocycles. The maximum absolute atomic E-state index is 13.6. The first-order chi connectivity index (χ1) is 19.9. The molecule has 0 aliphatic rings. The zero-order valence-electron chi connectivity index (χ0n) is 22.2. The zero-order valence-corrected chi connectivity index (χ0v) is 23.0. The van der Waals surface area contributed by atoms with Crippen LogP contribution in [0.4, 0.5) is 13.2 Å².